The third-order valence-electron chi connectivity index (χ3n) is 4.79. The summed E-state index contributed by atoms with van der Waals surface area (Å²) in [7, 11) is 0. The number of hydrogen-bond donors (Lipinski definition) is 0. The van der Waals surface area contributed by atoms with Crippen molar-refractivity contribution in [3.05, 3.63) is 64.8 Å². The molecule has 0 aliphatic carbocycles. The van der Waals surface area contributed by atoms with Gasteiger partial charge in [-0.15, -0.1) is 11.3 Å². The molecule has 0 radical (unpaired) electrons. The van der Waals surface area contributed by atoms with Gasteiger partial charge in [0.25, 0.3) is 5.91 Å². The Balaban J connectivity index is 1.45. The third-order valence-corrected chi connectivity index (χ3v) is 5.90. The van der Waals surface area contributed by atoms with Crippen molar-refractivity contribution < 1.29 is 22.4 Å². The van der Waals surface area contributed by atoms with Crippen LogP contribution in [0.5, 0.6) is 0 Å². The maximum absolute atomic E-state index is 13.3. The molecule has 2 heterocycles. The second-order valence-corrected chi connectivity index (χ2v) is 7.70. The molecule has 0 saturated carbocycles. The Bertz CT molecular complexity index is 1020. The maximum Gasteiger partial charge on any atom is 0.416 e. The molecule has 28 heavy (non-hydrogen) atoms. The van der Waals surface area contributed by atoms with Crippen molar-refractivity contribution in [2.24, 2.45) is 0 Å². The smallest absolute Gasteiger partial charge is 0.368 e. The summed E-state index contributed by atoms with van der Waals surface area (Å²) in [5.74, 6) is -0.482. The lowest BCUT2D eigenvalue weighted by atomic mass is 10.1. The number of carbonyl (C=O) groups is 1. The zero-order valence-corrected chi connectivity index (χ0v) is 15.5. The molecule has 1 saturated heterocycles. The number of piperazine rings is 1. The number of thiophene rings is 1. The van der Waals surface area contributed by atoms with Crippen LogP contribution in [0.15, 0.2) is 48.5 Å². The molecule has 2 aromatic carbocycles. The van der Waals surface area contributed by atoms with Gasteiger partial charge < -0.3 is 9.80 Å². The van der Waals surface area contributed by atoms with Crippen LogP contribution < -0.4 is 4.90 Å². The van der Waals surface area contributed by atoms with E-state index in [0.717, 1.165) is 16.8 Å². The minimum Gasteiger partial charge on any atom is -0.368 e. The number of rotatable bonds is 2. The van der Waals surface area contributed by atoms with Crippen molar-refractivity contribution in [3.8, 4) is 0 Å². The van der Waals surface area contributed by atoms with Crippen LogP contribution in [0, 0.1) is 5.82 Å². The highest BCUT2D eigenvalue weighted by Crippen LogP contribution is 2.32. The molecule has 1 aliphatic heterocycles. The van der Waals surface area contributed by atoms with E-state index in [0.29, 0.717) is 42.1 Å². The van der Waals surface area contributed by atoms with Crippen LogP contribution in [-0.2, 0) is 6.18 Å². The Hall–Kier alpha value is -2.61. The highest BCUT2D eigenvalue weighted by Gasteiger charge is 2.31. The fourth-order valence-corrected chi connectivity index (χ4v) is 4.33. The predicted molar refractivity (Wildman–Crippen MR) is 101 cm³/mol. The largest absolute Gasteiger partial charge is 0.416 e. The fourth-order valence-electron chi connectivity index (χ4n) is 3.32. The van der Waals surface area contributed by atoms with Gasteiger partial charge in [0.05, 0.1) is 10.4 Å². The monoisotopic (exact) mass is 408 g/mol. The first-order valence-electron chi connectivity index (χ1n) is 8.72. The predicted octanol–water partition coefficient (Wildman–Crippen LogP) is 5.02. The lowest BCUT2D eigenvalue weighted by Gasteiger charge is -2.36. The molecule has 0 unspecified atom stereocenters. The summed E-state index contributed by atoms with van der Waals surface area (Å²) >= 11 is 1.31. The van der Waals surface area contributed by atoms with Crippen LogP contribution in [0.2, 0.25) is 0 Å². The molecule has 8 heteroatoms. The summed E-state index contributed by atoms with van der Waals surface area (Å²) < 4.78 is 52.9. The molecular formula is C20H16F4N2OS. The maximum atomic E-state index is 13.3. The molecule has 0 bridgehead atoms. The summed E-state index contributed by atoms with van der Waals surface area (Å²) in [6, 6.07) is 11.3. The standard InChI is InChI=1S/C20H16F4N2OS/c21-15-4-5-17-13(10-15)11-18(28-17)19(27)26-8-6-25(7-9-26)16-3-1-2-14(12-16)20(22,23)24/h1-5,10-12H,6-9H2. The van der Waals surface area contributed by atoms with Crippen LogP contribution in [0.4, 0.5) is 23.2 Å². The third kappa shape index (κ3) is 3.69. The molecule has 0 N–H and O–H groups in total. The SMILES string of the molecule is O=C(c1cc2cc(F)ccc2s1)N1CCN(c2cccc(C(F)(F)F)c2)CC1. The van der Waals surface area contributed by atoms with Gasteiger partial charge in [-0.1, -0.05) is 6.07 Å². The van der Waals surface area contributed by atoms with Crippen molar-refractivity contribution in [1.82, 2.24) is 4.90 Å². The van der Waals surface area contributed by atoms with Gasteiger partial charge in [0.2, 0.25) is 0 Å². The zero-order valence-electron chi connectivity index (χ0n) is 14.7. The lowest BCUT2D eigenvalue weighted by Crippen LogP contribution is -2.48. The van der Waals surface area contributed by atoms with E-state index in [4.69, 9.17) is 0 Å². The molecule has 3 aromatic rings. The van der Waals surface area contributed by atoms with Gasteiger partial charge in [0.1, 0.15) is 5.82 Å². The van der Waals surface area contributed by atoms with E-state index in [-0.39, 0.29) is 11.7 Å². The molecule has 0 atom stereocenters. The quantitative estimate of drug-likeness (QED) is 0.556. The number of fused-ring (bicyclic) bond motifs is 1. The van der Waals surface area contributed by atoms with E-state index in [1.165, 1.54) is 29.5 Å². The highest BCUT2D eigenvalue weighted by molar-refractivity contribution is 7.20. The topological polar surface area (TPSA) is 23.6 Å². The number of carbonyl (C=O) groups excluding carboxylic acids is 1. The van der Waals surface area contributed by atoms with Gasteiger partial charge in [-0.05, 0) is 47.9 Å². The first-order chi connectivity index (χ1) is 13.3. The molecule has 1 aliphatic rings. The first kappa shape index (κ1) is 18.7. The average Bonchev–Trinajstić information content (AvgIpc) is 3.10. The Morgan fingerprint density at radius 3 is 2.43 bits per heavy atom. The Kier molecular flexibility index (Phi) is 4.74. The van der Waals surface area contributed by atoms with E-state index in [9.17, 15) is 22.4 Å². The number of anilines is 1. The van der Waals surface area contributed by atoms with Gasteiger partial charge in [0.15, 0.2) is 0 Å². The van der Waals surface area contributed by atoms with Gasteiger partial charge in [-0.3, -0.25) is 4.79 Å². The molecule has 1 fully saturated rings. The molecule has 1 amide bonds. The van der Waals surface area contributed by atoms with E-state index in [1.54, 1.807) is 23.1 Å². The zero-order chi connectivity index (χ0) is 19.9. The summed E-state index contributed by atoms with van der Waals surface area (Å²) in [4.78, 5) is 16.8. The lowest BCUT2D eigenvalue weighted by molar-refractivity contribution is -0.137. The van der Waals surface area contributed by atoms with Crippen LogP contribution in [0.1, 0.15) is 15.2 Å². The number of alkyl halides is 3. The highest BCUT2D eigenvalue weighted by atomic mass is 32.1. The number of nitrogens with zero attached hydrogens (tertiary/aromatic N) is 2. The summed E-state index contributed by atoms with van der Waals surface area (Å²) in [6.07, 6.45) is -4.38. The second-order valence-electron chi connectivity index (χ2n) is 6.62. The number of halogens is 4. The van der Waals surface area contributed by atoms with E-state index >= 15 is 0 Å². The van der Waals surface area contributed by atoms with Crippen LogP contribution in [0.3, 0.4) is 0 Å². The van der Waals surface area contributed by atoms with Crippen molar-refractivity contribution in [1.29, 1.82) is 0 Å². The Morgan fingerprint density at radius 2 is 1.71 bits per heavy atom. The van der Waals surface area contributed by atoms with Gasteiger partial charge >= 0.3 is 6.18 Å². The van der Waals surface area contributed by atoms with Crippen LogP contribution >= 0.6 is 11.3 Å². The number of benzene rings is 2. The number of amides is 1. The molecule has 146 valence electrons. The average molecular weight is 408 g/mol. The Morgan fingerprint density at radius 1 is 0.964 bits per heavy atom. The Labute approximate surface area is 162 Å². The van der Waals surface area contributed by atoms with Crippen molar-refractivity contribution in [2.75, 3.05) is 31.1 Å². The first-order valence-corrected chi connectivity index (χ1v) is 9.53. The molecule has 4 rings (SSSR count). The van der Waals surface area contributed by atoms with Crippen molar-refractivity contribution >= 4 is 33.0 Å². The number of hydrogen-bond acceptors (Lipinski definition) is 3. The molecular weight excluding hydrogens is 392 g/mol. The second kappa shape index (κ2) is 7.09. The minimum absolute atomic E-state index is 0.134. The fraction of sp³-hybridized carbons (Fsp3) is 0.250. The van der Waals surface area contributed by atoms with Gasteiger partial charge in [-0.2, -0.15) is 13.2 Å². The van der Waals surface area contributed by atoms with Gasteiger partial charge in [-0.25, -0.2) is 4.39 Å². The van der Waals surface area contributed by atoms with Crippen LogP contribution in [0.25, 0.3) is 10.1 Å². The van der Waals surface area contributed by atoms with Crippen molar-refractivity contribution in [2.45, 2.75) is 6.18 Å². The molecule has 3 nitrogen and oxygen atoms in total. The normalized spacial score (nSPS) is 15.3. The minimum atomic E-state index is -4.38. The summed E-state index contributed by atoms with van der Waals surface area (Å²) in [5.41, 5.74) is -0.180. The van der Waals surface area contributed by atoms with E-state index in [2.05, 4.69) is 0 Å². The summed E-state index contributed by atoms with van der Waals surface area (Å²) in [5, 5.41) is 0.691. The van der Waals surface area contributed by atoms with Crippen molar-refractivity contribution in [3.63, 3.8) is 0 Å². The van der Waals surface area contributed by atoms with E-state index in [1.807, 2.05) is 4.90 Å². The van der Waals surface area contributed by atoms with Gasteiger partial charge in [0, 0.05) is 36.6 Å². The van der Waals surface area contributed by atoms with Crippen LogP contribution in [-0.4, -0.2) is 37.0 Å². The molecule has 1 aromatic heterocycles. The molecule has 0 spiro atoms. The van der Waals surface area contributed by atoms with E-state index < -0.39 is 11.7 Å². The summed E-state index contributed by atoms with van der Waals surface area (Å²) in [6.45, 7) is 1.73.